The highest BCUT2D eigenvalue weighted by Gasteiger charge is 2.43. The second kappa shape index (κ2) is 26.1. The summed E-state index contributed by atoms with van der Waals surface area (Å²) in [5, 5.41) is 0.229. The molecule has 0 saturated carbocycles. The largest absolute Gasteiger partial charge is 0.461 e. The van der Waals surface area contributed by atoms with Gasteiger partial charge in [-0.05, 0) is 99.8 Å². The van der Waals surface area contributed by atoms with Crippen LogP contribution in [0.2, 0.25) is 36.3 Å². The lowest BCUT2D eigenvalue weighted by molar-refractivity contribution is -0.143. The van der Waals surface area contributed by atoms with Crippen LogP contribution in [0.25, 0.3) is 0 Å². The molecule has 1 rings (SSSR count). The number of rotatable bonds is 17. The molecule has 1 aliphatic heterocycles. The van der Waals surface area contributed by atoms with Gasteiger partial charge in [-0.1, -0.05) is 91.8 Å². The molecular weight excluding hydrogens is 737 g/mol. The Morgan fingerprint density at radius 1 is 1.02 bits per heavy atom. The van der Waals surface area contributed by atoms with Crippen LogP contribution in [-0.2, 0) is 37.4 Å². The fraction of sp³-hybridized carbons (Fsp3) is 0.739. The fourth-order valence-electron chi connectivity index (χ4n) is 5.70. The predicted molar refractivity (Wildman–Crippen MR) is 240 cm³/mol. The van der Waals surface area contributed by atoms with E-state index in [2.05, 4.69) is 119 Å². The lowest BCUT2D eigenvalue weighted by Gasteiger charge is -2.42. The van der Waals surface area contributed by atoms with Crippen LogP contribution < -0.4 is 0 Å². The third-order valence-electron chi connectivity index (χ3n) is 11.3. The average Bonchev–Trinajstić information content (AvgIpc) is 3.09. The van der Waals surface area contributed by atoms with Gasteiger partial charge in [0.05, 0.1) is 12.2 Å². The molecule has 0 aromatic rings. The first-order valence-corrected chi connectivity index (χ1v) is 26.7. The summed E-state index contributed by atoms with van der Waals surface area (Å²) < 4.78 is 35.8. The molecular formula is C46H84O8Si2. The summed E-state index contributed by atoms with van der Waals surface area (Å²) in [6, 6.07) is 0. The van der Waals surface area contributed by atoms with Crippen molar-refractivity contribution in [2.24, 2.45) is 11.8 Å². The molecule has 0 fully saturated rings. The fourth-order valence-corrected chi connectivity index (χ4v) is 8.47. The quantitative estimate of drug-likeness (QED) is 0.0620. The van der Waals surface area contributed by atoms with E-state index < -0.39 is 16.6 Å². The molecule has 2 unspecified atom stereocenters. The lowest BCUT2D eigenvalue weighted by Crippen LogP contribution is -2.49. The van der Waals surface area contributed by atoms with E-state index in [1.807, 2.05) is 19.9 Å². The van der Waals surface area contributed by atoms with Crippen LogP contribution in [-0.4, -0.2) is 80.4 Å². The van der Waals surface area contributed by atoms with E-state index in [1.165, 1.54) is 0 Å². The van der Waals surface area contributed by atoms with Gasteiger partial charge < -0.3 is 27.8 Å². The van der Waals surface area contributed by atoms with Crippen LogP contribution in [0.3, 0.4) is 0 Å². The van der Waals surface area contributed by atoms with E-state index in [9.17, 15) is 9.59 Å². The maximum Gasteiger partial charge on any atom is 0.306 e. The molecule has 0 aromatic carbocycles. The summed E-state index contributed by atoms with van der Waals surface area (Å²) in [6.45, 7) is 39.0. The Hall–Kier alpha value is -2.09. The zero-order chi connectivity index (χ0) is 43.3. The van der Waals surface area contributed by atoms with Crippen molar-refractivity contribution in [3.8, 4) is 0 Å². The molecule has 0 bridgehead atoms. The van der Waals surface area contributed by atoms with Crippen molar-refractivity contribution in [2.75, 3.05) is 27.4 Å². The Morgan fingerprint density at radius 2 is 1.64 bits per heavy atom. The zero-order valence-electron chi connectivity index (χ0n) is 38.7. The first kappa shape index (κ1) is 53.9. The van der Waals surface area contributed by atoms with Crippen LogP contribution in [0.1, 0.15) is 121 Å². The molecule has 0 amide bonds. The molecule has 1 heterocycles. The number of carbonyl (C=O) groups is 2. The molecule has 1 aliphatic rings. The van der Waals surface area contributed by atoms with Crippen LogP contribution in [0.15, 0.2) is 60.8 Å². The van der Waals surface area contributed by atoms with Crippen LogP contribution in [0, 0.1) is 11.8 Å². The van der Waals surface area contributed by atoms with Gasteiger partial charge >= 0.3 is 11.9 Å². The molecule has 10 heteroatoms. The number of ether oxygens (including phenoxy) is 4. The number of hydrogen-bond donors (Lipinski definition) is 0. The molecule has 0 aliphatic carbocycles. The van der Waals surface area contributed by atoms with Gasteiger partial charge in [0.15, 0.2) is 16.6 Å². The molecule has 0 spiro atoms. The van der Waals surface area contributed by atoms with E-state index in [4.69, 9.17) is 27.8 Å². The molecule has 0 radical (unpaired) electrons. The Kier molecular flexibility index (Phi) is 25.1. The van der Waals surface area contributed by atoms with Gasteiger partial charge in [-0.25, -0.2) is 0 Å². The third-order valence-corrected chi connectivity index (χ3v) is 20.3. The predicted octanol–water partition coefficient (Wildman–Crippen LogP) is 12.1. The molecule has 0 saturated heterocycles. The smallest absolute Gasteiger partial charge is 0.306 e. The van der Waals surface area contributed by atoms with Crippen molar-refractivity contribution in [1.82, 2.24) is 0 Å². The summed E-state index contributed by atoms with van der Waals surface area (Å²) in [5.41, 5.74) is 2.07. The van der Waals surface area contributed by atoms with Gasteiger partial charge in [-0.3, -0.25) is 9.59 Å². The SMILES string of the molecule is C=CCCCCC(=O)OC/C(C)=C\C(C)[C@H](O[Si](C)(C)C(C)(C)C)[C@H](C=C)OC.CO[C@H]1/C=C/CCCCC(=O)OC/C(C)=C\C(C)[C@@H]1O[Si](C)(C)C(C)(C)C. The summed E-state index contributed by atoms with van der Waals surface area (Å²) >= 11 is 0. The van der Waals surface area contributed by atoms with Crippen molar-refractivity contribution < 1.29 is 37.4 Å². The number of hydrogen-bond acceptors (Lipinski definition) is 8. The second-order valence-electron chi connectivity index (χ2n) is 18.6. The average molecular weight is 821 g/mol. The Labute approximate surface area is 346 Å². The first-order valence-electron chi connectivity index (χ1n) is 20.8. The highest BCUT2D eigenvalue weighted by atomic mass is 28.4. The van der Waals surface area contributed by atoms with Crippen molar-refractivity contribution in [2.45, 2.75) is 181 Å². The summed E-state index contributed by atoms with van der Waals surface area (Å²) in [6.07, 6.45) is 18.2. The topological polar surface area (TPSA) is 89.5 Å². The van der Waals surface area contributed by atoms with Crippen molar-refractivity contribution >= 4 is 28.6 Å². The van der Waals surface area contributed by atoms with Crippen molar-refractivity contribution in [3.63, 3.8) is 0 Å². The van der Waals surface area contributed by atoms with Crippen LogP contribution >= 0.6 is 0 Å². The van der Waals surface area contributed by atoms with E-state index in [0.717, 1.165) is 49.7 Å². The van der Waals surface area contributed by atoms with E-state index in [-0.39, 0.29) is 58.3 Å². The number of carbonyl (C=O) groups excluding carboxylic acids is 2. The van der Waals surface area contributed by atoms with Gasteiger partial charge in [0.25, 0.3) is 0 Å². The van der Waals surface area contributed by atoms with Gasteiger partial charge in [0.1, 0.15) is 25.4 Å². The van der Waals surface area contributed by atoms with Gasteiger partial charge in [0.2, 0.25) is 0 Å². The maximum absolute atomic E-state index is 11.9. The first-order chi connectivity index (χ1) is 25.9. The standard InChI is InChI=1S/C24H44O4Si.C22H40O4Si/c1-11-13-14-15-16-22(25)27-18-19(3)17-20(4)23(21(12-2)26-8)28-29(9,10)24(5,6)7;1-17-15-18(2)21(26-27(7,8)22(3,4)5)19(24-6)13-11-9-10-12-14-20(23)25-16-17/h11-12,17,20-21,23H,1-2,13-16,18H2,3-10H3;11,13,15,18-19,21H,9-10,12,14,16H2,1-8H3/b19-17-;13-11+,17-15-/t20?,21-,23-;18?,19-,21-/m00/s1. The van der Waals surface area contributed by atoms with Crippen LogP contribution in [0.5, 0.6) is 0 Å². The number of allylic oxidation sites excluding steroid dienone is 2. The Balaban J connectivity index is 0.00000108. The van der Waals surface area contributed by atoms with E-state index in [1.54, 1.807) is 20.3 Å². The molecule has 56 heavy (non-hydrogen) atoms. The van der Waals surface area contributed by atoms with Gasteiger partial charge in [0, 0.05) is 38.9 Å². The number of esters is 2. The number of unbranched alkanes of at least 4 members (excludes halogenated alkanes) is 2. The molecule has 0 N–H and O–H groups in total. The minimum Gasteiger partial charge on any atom is -0.461 e. The third kappa shape index (κ3) is 20.6. The van der Waals surface area contributed by atoms with E-state index >= 15 is 0 Å². The highest BCUT2D eigenvalue weighted by molar-refractivity contribution is 6.74. The lowest BCUT2D eigenvalue weighted by atomic mass is 9.96. The molecule has 8 nitrogen and oxygen atoms in total. The molecule has 6 atom stereocenters. The minimum absolute atomic E-state index is 0.0688. The number of cyclic esters (lactones) is 1. The van der Waals surface area contributed by atoms with Crippen LogP contribution in [0.4, 0.5) is 0 Å². The maximum atomic E-state index is 11.9. The Bertz CT molecular complexity index is 1270. The van der Waals surface area contributed by atoms with Gasteiger partial charge in [-0.15, -0.1) is 13.2 Å². The zero-order valence-corrected chi connectivity index (χ0v) is 40.7. The number of methoxy groups -OCH3 is 2. The highest BCUT2D eigenvalue weighted by Crippen LogP contribution is 2.40. The Morgan fingerprint density at radius 3 is 2.18 bits per heavy atom. The summed E-state index contributed by atoms with van der Waals surface area (Å²) in [5.74, 6) is -0.0154. The summed E-state index contributed by atoms with van der Waals surface area (Å²) in [7, 11) is -0.505. The normalized spacial score (nSPS) is 22.8. The molecule has 0 aromatic heterocycles. The van der Waals surface area contributed by atoms with E-state index in [0.29, 0.717) is 26.1 Å². The second-order valence-corrected chi connectivity index (χ2v) is 28.1. The molecule has 324 valence electrons. The monoisotopic (exact) mass is 821 g/mol. The van der Waals surface area contributed by atoms with Crippen molar-refractivity contribution in [3.05, 3.63) is 60.8 Å². The minimum atomic E-state index is -1.98. The summed E-state index contributed by atoms with van der Waals surface area (Å²) in [4.78, 5) is 23.7. The van der Waals surface area contributed by atoms with Gasteiger partial charge in [-0.2, -0.15) is 0 Å². The van der Waals surface area contributed by atoms with Crippen molar-refractivity contribution in [1.29, 1.82) is 0 Å².